The predicted octanol–water partition coefficient (Wildman–Crippen LogP) is 0.274. The number of hydrogen-bond donors (Lipinski definition) is 2. The van der Waals surface area contributed by atoms with Crippen molar-refractivity contribution in [2.45, 2.75) is 26.9 Å². The van der Waals surface area contributed by atoms with Gasteiger partial charge in [0.25, 0.3) is 0 Å². The van der Waals surface area contributed by atoms with Crippen molar-refractivity contribution in [2.24, 2.45) is 0 Å². The number of esters is 1. The van der Waals surface area contributed by atoms with Gasteiger partial charge in [-0.1, -0.05) is 0 Å². The van der Waals surface area contributed by atoms with Crippen LogP contribution in [0.4, 0.5) is 4.79 Å². The Hall–Kier alpha value is -1.30. The average Bonchev–Trinajstić information content (AvgIpc) is 2.22. The summed E-state index contributed by atoms with van der Waals surface area (Å²) in [5, 5.41) is 4.93. The summed E-state index contributed by atoms with van der Waals surface area (Å²) in [5.74, 6) is -0.448. The van der Waals surface area contributed by atoms with Gasteiger partial charge in [0.15, 0.2) is 0 Å². The zero-order valence-corrected chi connectivity index (χ0v) is 10.0. The molecule has 94 valence electrons. The number of amides is 2. The zero-order chi connectivity index (χ0) is 12.4. The summed E-state index contributed by atoms with van der Waals surface area (Å²) in [7, 11) is 0. The van der Waals surface area contributed by atoms with Gasteiger partial charge in [0.1, 0.15) is 6.54 Å². The van der Waals surface area contributed by atoms with Gasteiger partial charge in [0.2, 0.25) is 0 Å². The Morgan fingerprint density at radius 1 is 1.25 bits per heavy atom. The number of nitrogens with one attached hydrogen (secondary N) is 2. The number of carbonyl (C=O) groups is 2. The molecular weight excluding hydrogens is 212 g/mol. The lowest BCUT2D eigenvalue weighted by atomic mass is 10.5. The Morgan fingerprint density at radius 3 is 2.50 bits per heavy atom. The second-order valence-electron chi connectivity index (χ2n) is 3.33. The first-order chi connectivity index (χ1) is 7.56. The van der Waals surface area contributed by atoms with E-state index in [0.717, 1.165) is 0 Å². The van der Waals surface area contributed by atoms with Crippen molar-refractivity contribution in [3.63, 3.8) is 0 Å². The summed E-state index contributed by atoms with van der Waals surface area (Å²) in [5.41, 5.74) is 0. The molecule has 0 aromatic heterocycles. The first-order valence-corrected chi connectivity index (χ1v) is 5.35. The van der Waals surface area contributed by atoms with Crippen LogP contribution in [-0.4, -0.2) is 44.4 Å². The van der Waals surface area contributed by atoms with E-state index in [1.54, 1.807) is 6.92 Å². The minimum Gasteiger partial charge on any atom is -0.465 e. The Bertz CT molecular complexity index is 219. The molecule has 0 saturated carbocycles. The summed E-state index contributed by atoms with van der Waals surface area (Å²) in [6.07, 6.45) is 0.143. The molecule has 0 aliphatic rings. The molecule has 0 saturated heterocycles. The topological polar surface area (TPSA) is 76.7 Å². The van der Waals surface area contributed by atoms with Gasteiger partial charge in [0, 0.05) is 6.54 Å². The van der Waals surface area contributed by atoms with Crippen LogP contribution < -0.4 is 10.6 Å². The minimum absolute atomic E-state index is 0.120. The van der Waals surface area contributed by atoms with Crippen molar-refractivity contribution in [3.8, 4) is 0 Å². The smallest absolute Gasteiger partial charge is 0.325 e. The molecule has 0 aliphatic heterocycles. The Morgan fingerprint density at radius 2 is 1.94 bits per heavy atom. The molecule has 0 aromatic carbocycles. The Balaban J connectivity index is 3.41. The van der Waals surface area contributed by atoms with Crippen molar-refractivity contribution >= 4 is 12.0 Å². The zero-order valence-electron chi connectivity index (χ0n) is 10.0. The van der Waals surface area contributed by atoms with E-state index >= 15 is 0 Å². The SMILES string of the molecule is CCOC(=O)CNC(=O)NCCOC(C)C. The molecule has 0 unspecified atom stereocenters. The molecule has 2 amide bonds. The van der Waals surface area contributed by atoms with Crippen LogP contribution in [-0.2, 0) is 14.3 Å². The van der Waals surface area contributed by atoms with E-state index in [9.17, 15) is 9.59 Å². The third-order valence-electron chi connectivity index (χ3n) is 1.54. The maximum atomic E-state index is 11.1. The van der Waals surface area contributed by atoms with E-state index < -0.39 is 12.0 Å². The van der Waals surface area contributed by atoms with E-state index in [0.29, 0.717) is 19.8 Å². The Kier molecular flexibility index (Phi) is 8.24. The molecule has 0 radical (unpaired) electrons. The summed E-state index contributed by atoms with van der Waals surface area (Å²) in [6, 6.07) is -0.402. The highest BCUT2D eigenvalue weighted by atomic mass is 16.5. The lowest BCUT2D eigenvalue weighted by Gasteiger charge is -2.09. The lowest BCUT2D eigenvalue weighted by Crippen LogP contribution is -2.40. The molecule has 0 atom stereocenters. The van der Waals surface area contributed by atoms with Crippen molar-refractivity contribution < 1.29 is 19.1 Å². The van der Waals surface area contributed by atoms with Crippen LogP contribution in [0.15, 0.2) is 0 Å². The van der Waals surface area contributed by atoms with Crippen molar-refractivity contribution in [1.29, 1.82) is 0 Å². The van der Waals surface area contributed by atoms with Crippen LogP contribution in [0.2, 0.25) is 0 Å². The summed E-state index contributed by atoms with van der Waals surface area (Å²) in [6.45, 7) is 6.59. The standard InChI is InChI=1S/C10H20N2O4/c1-4-15-9(13)7-12-10(14)11-5-6-16-8(2)3/h8H,4-7H2,1-3H3,(H2,11,12,14). The predicted molar refractivity (Wildman–Crippen MR) is 59.1 cm³/mol. The van der Waals surface area contributed by atoms with E-state index in [1.807, 2.05) is 13.8 Å². The fourth-order valence-electron chi connectivity index (χ4n) is 0.886. The quantitative estimate of drug-likeness (QED) is 0.488. The van der Waals surface area contributed by atoms with Gasteiger partial charge in [-0.15, -0.1) is 0 Å². The van der Waals surface area contributed by atoms with Gasteiger partial charge in [-0.05, 0) is 20.8 Å². The molecule has 0 bridgehead atoms. The van der Waals surface area contributed by atoms with Crippen LogP contribution in [0.5, 0.6) is 0 Å². The number of rotatable bonds is 7. The summed E-state index contributed by atoms with van der Waals surface area (Å²) >= 11 is 0. The van der Waals surface area contributed by atoms with Gasteiger partial charge in [0.05, 0.1) is 19.3 Å². The minimum atomic E-state index is -0.448. The lowest BCUT2D eigenvalue weighted by molar-refractivity contribution is -0.141. The van der Waals surface area contributed by atoms with Crippen LogP contribution >= 0.6 is 0 Å². The van der Waals surface area contributed by atoms with Gasteiger partial charge in [-0.2, -0.15) is 0 Å². The van der Waals surface area contributed by atoms with Gasteiger partial charge in [-0.3, -0.25) is 4.79 Å². The maximum Gasteiger partial charge on any atom is 0.325 e. The van der Waals surface area contributed by atoms with Gasteiger partial charge < -0.3 is 20.1 Å². The molecule has 0 aliphatic carbocycles. The number of ether oxygens (including phenoxy) is 2. The molecule has 0 spiro atoms. The maximum absolute atomic E-state index is 11.1. The molecule has 6 heteroatoms. The van der Waals surface area contributed by atoms with Crippen LogP contribution in [0, 0.1) is 0 Å². The molecule has 16 heavy (non-hydrogen) atoms. The van der Waals surface area contributed by atoms with Crippen LogP contribution in [0.25, 0.3) is 0 Å². The first kappa shape index (κ1) is 14.7. The van der Waals surface area contributed by atoms with E-state index in [1.165, 1.54) is 0 Å². The largest absolute Gasteiger partial charge is 0.465 e. The summed E-state index contributed by atoms with van der Waals surface area (Å²) in [4.78, 5) is 22.0. The molecule has 2 N–H and O–H groups in total. The van der Waals surface area contributed by atoms with E-state index in [2.05, 4.69) is 15.4 Å². The molecule has 0 fully saturated rings. The molecule has 0 rings (SSSR count). The van der Waals surface area contributed by atoms with Crippen molar-refractivity contribution in [1.82, 2.24) is 10.6 Å². The second kappa shape index (κ2) is 8.96. The average molecular weight is 232 g/mol. The highest BCUT2D eigenvalue weighted by molar-refractivity contribution is 5.80. The number of urea groups is 1. The highest BCUT2D eigenvalue weighted by Gasteiger charge is 2.04. The van der Waals surface area contributed by atoms with Gasteiger partial charge >= 0.3 is 12.0 Å². The highest BCUT2D eigenvalue weighted by Crippen LogP contribution is 1.84. The van der Waals surface area contributed by atoms with Crippen molar-refractivity contribution in [3.05, 3.63) is 0 Å². The Labute approximate surface area is 95.7 Å². The monoisotopic (exact) mass is 232 g/mol. The van der Waals surface area contributed by atoms with Crippen LogP contribution in [0.1, 0.15) is 20.8 Å². The van der Waals surface area contributed by atoms with Crippen molar-refractivity contribution in [2.75, 3.05) is 26.3 Å². The van der Waals surface area contributed by atoms with E-state index in [4.69, 9.17) is 4.74 Å². The van der Waals surface area contributed by atoms with E-state index in [-0.39, 0.29) is 12.6 Å². The first-order valence-electron chi connectivity index (χ1n) is 5.35. The molecule has 0 heterocycles. The number of carbonyl (C=O) groups excluding carboxylic acids is 2. The summed E-state index contributed by atoms with van der Waals surface area (Å²) < 4.78 is 9.87. The molecule has 0 aromatic rings. The third-order valence-corrected chi connectivity index (χ3v) is 1.54. The normalized spacial score (nSPS) is 10.0. The third kappa shape index (κ3) is 9.26. The van der Waals surface area contributed by atoms with Gasteiger partial charge in [-0.25, -0.2) is 4.79 Å². The molecule has 6 nitrogen and oxygen atoms in total. The molecular formula is C10H20N2O4. The number of hydrogen-bond acceptors (Lipinski definition) is 4. The van der Waals surface area contributed by atoms with Crippen LogP contribution in [0.3, 0.4) is 0 Å². The fourth-order valence-corrected chi connectivity index (χ4v) is 0.886. The fraction of sp³-hybridized carbons (Fsp3) is 0.800. The second-order valence-corrected chi connectivity index (χ2v) is 3.33.